The maximum Gasteiger partial charge on any atom is 0.412 e. The average molecular weight is 463 g/mol. The molecule has 2 aromatic carbocycles. The molecule has 3 aromatic rings. The Kier molecular flexibility index (Phi) is 5.87. The van der Waals surface area contributed by atoms with Gasteiger partial charge in [0.1, 0.15) is 17.7 Å². The summed E-state index contributed by atoms with van der Waals surface area (Å²) >= 11 is 0. The highest BCUT2D eigenvalue weighted by atomic mass is 16.5. The van der Waals surface area contributed by atoms with Crippen molar-refractivity contribution in [2.75, 3.05) is 19.0 Å². The van der Waals surface area contributed by atoms with Gasteiger partial charge in [-0.2, -0.15) is 5.10 Å². The number of anilines is 1. The van der Waals surface area contributed by atoms with Crippen molar-refractivity contribution in [2.24, 2.45) is 7.05 Å². The summed E-state index contributed by atoms with van der Waals surface area (Å²) in [6, 6.07) is 16.0. The number of likely N-dealkylation sites (N-methyl/N-ethyl adjacent to an activating group) is 1. The lowest BCUT2D eigenvalue weighted by Gasteiger charge is -2.31. The number of hydrogen-bond acceptors (Lipinski definition) is 5. The van der Waals surface area contributed by atoms with Gasteiger partial charge in [0, 0.05) is 26.2 Å². The number of ether oxygens (including phenoxy) is 1. The molecule has 0 aliphatic heterocycles. The number of carboxylic acids is 1. The Morgan fingerprint density at radius 1 is 1.09 bits per heavy atom. The predicted octanol–water partition coefficient (Wildman–Crippen LogP) is 3.72. The van der Waals surface area contributed by atoms with E-state index in [1.807, 2.05) is 36.4 Å². The molecular weight excluding hydrogens is 436 g/mol. The summed E-state index contributed by atoms with van der Waals surface area (Å²) in [5, 5.41) is 16.1. The van der Waals surface area contributed by atoms with Crippen LogP contribution in [0.1, 0.15) is 41.3 Å². The van der Waals surface area contributed by atoms with Gasteiger partial charge >= 0.3 is 12.1 Å². The molecule has 9 heteroatoms. The molecule has 1 aliphatic rings. The molecule has 1 heterocycles. The van der Waals surface area contributed by atoms with E-state index >= 15 is 0 Å². The lowest BCUT2D eigenvalue weighted by molar-refractivity contribution is -0.147. The van der Waals surface area contributed by atoms with Gasteiger partial charge in [0.25, 0.3) is 5.91 Å². The van der Waals surface area contributed by atoms with E-state index in [4.69, 9.17) is 4.74 Å². The maximum absolute atomic E-state index is 13.0. The zero-order chi connectivity index (χ0) is 24.6. The van der Waals surface area contributed by atoms with Crippen molar-refractivity contribution in [3.8, 4) is 11.1 Å². The van der Waals surface area contributed by atoms with Crippen LogP contribution in [0.4, 0.5) is 10.6 Å². The van der Waals surface area contributed by atoms with E-state index in [1.165, 1.54) is 31.8 Å². The van der Waals surface area contributed by atoms with E-state index in [-0.39, 0.29) is 23.9 Å². The quantitative estimate of drug-likeness (QED) is 0.577. The van der Waals surface area contributed by atoms with Crippen LogP contribution >= 0.6 is 0 Å². The Balaban J connectivity index is 1.49. The number of carboxylic acid groups (broad SMARTS) is 1. The minimum Gasteiger partial charge on any atom is -0.480 e. The van der Waals surface area contributed by atoms with Crippen molar-refractivity contribution in [3.63, 3.8) is 0 Å². The van der Waals surface area contributed by atoms with Crippen LogP contribution in [-0.4, -0.2) is 57.0 Å². The molecule has 0 atom stereocenters. The minimum atomic E-state index is -1.45. The zero-order valence-electron chi connectivity index (χ0n) is 19.4. The normalized spacial score (nSPS) is 12.6. The summed E-state index contributed by atoms with van der Waals surface area (Å²) in [7, 11) is 2.99. The van der Waals surface area contributed by atoms with E-state index in [2.05, 4.69) is 22.5 Å². The predicted molar refractivity (Wildman–Crippen MR) is 126 cm³/mol. The zero-order valence-corrected chi connectivity index (χ0v) is 19.4. The largest absolute Gasteiger partial charge is 0.480 e. The van der Waals surface area contributed by atoms with E-state index in [0.717, 1.165) is 27.2 Å². The molecule has 0 fully saturated rings. The number of fused-ring (bicyclic) bond motifs is 3. The number of amides is 2. The van der Waals surface area contributed by atoms with Gasteiger partial charge < -0.3 is 14.7 Å². The number of aryl methyl sites for hydroxylation is 1. The van der Waals surface area contributed by atoms with E-state index in [1.54, 1.807) is 7.05 Å². The van der Waals surface area contributed by atoms with Gasteiger partial charge in [0.2, 0.25) is 0 Å². The molecule has 1 aromatic heterocycles. The third-order valence-corrected chi connectivity index (χ3v) is 6.29. The van der Waals surface area contributed by atoms with Gasteiger partial charge in [-0.3, -0.25) is 14.8 Å². The monoisotopic (exact) mass is 462 g/mol. The molecule has 4 rings (SSSR count). The lowest BCUT2D eigenvalue weighted by Crippen LogP contribution is -2.50. The average Bonchev–Trinajstić information content (AvgIpc) is 3.33. The van der Waals surface area contributed by atoms with Crippen molar-refractivity contribution in [3.05, 3.63) is 71.4 Å². The number of aliphatic carboxylic acids is 1. The summed E-state index contributed by atoms with van der Waals surface area (Å²) in [5.41, 5.74) is 3.02. The van der Waals surface area contributed by atoms with Crippen molar-refractivity contribution < 1.29 is 24.2 Å². The van der Waals surface area contributed by atoms with Crippen LogP contribution in [0.15, 0.2) is 54.7 Å². The molecule has 2 N–H and O–H groups in total. The summed E-state index contributed by atoms with van der Waals surface area (Å²) in [6.07, 6.45) is 0.672. The Morgan fingerprint density at radius 2 is 1.65 bits per heavy atom. The van der Waals surface area contributed by atoms with Crippen LogP contribution < -0.4 is 5.32 Å². The molecule has 0 bridgehead atoms. The second kappa shape index (κ2) is 8.66. The summed E-state index contributed by atoms with van der Waals surface area (Å²) in [5.74, 6) is -1.85. The van der Waals surface area contributed by atoms with Crippen molar-refractivity contribution in [1.82, 2.24) is 14.7 Å². The van der Waals surface area contributed by atoms with Crippen molar-refractivity contribution in [1.29, 1.82) is 0 Å². The van der Waals surface area contributed by atoms with E-state index in [0.29, 0.717) is 0 Å². The Bertz CT molecular complexity index is 1230. The number of carbonyl (C=O) groups is 3. The number of nitrogens with zero attached hydrogens (tertiary/aromatic N) is 3. The number of nitrogens with one attached hydrogen (secondary N) is 1. The minimum absolute atomic E-state index is 0.00207. The van der Waals surface area contributed by atoms with E-state index < -0.39 is 23.5 Å². The molecule has 9 nitrogen and oxygen atoms in total. The van der Waals surface area contributed by atoms with Crippen LogP contribution in [-0.2, 0) is 16.6 Å². The summed E-state index contributed by atoms with van der Waals surface area (Å²) in [6.45, 7) is 2.95. The van der Waals surface area contributed by atoms with Crippen LogP contribution in [0.2, 0.25) is 0 Å². The number of hydrogen-bond donors (Lipinski definition) is 2. The topological polar surface area (TPSA) is 114 Å². The van der Waals surface area contributed by atoms with Gasteiger partial charge in [0.15, 0.2) is 5.82 Å². The van der Waals surface area contributed by atoms with E-state index in [9.17, 15) is 19.5 Å². The van der Waals surface area contributed by atoms with Crippen LogP contribution in [0, 0.1) is 0 Å². The van der Waals surface area contributed by atoms with Gasteiger partial charge in [0.05, 0.1) is 0 Å². The van der Waals surface area contributed by atoms with Gasteiger partial charge in [-0.25, -0.2) is 9.59 Å². The molecule has 34 heavy (non-hydrogen) atoms. The first kappa shape index (κ1) is 23.0. The molecule has 2 amide bonds. The molecule has 1 aliphatic carbocycles. The smallest absolute Gasteiger partial charge is 0.412 e. The van der Waals surface area contributed by atoms with Crippen LogP contribution in [0.5, 0.6) is 0 Å². The van der Waals surface area contributed by atoms with Gasteiger partial charge in [-0.15, -0.1) is 0 Å². The first-order chi connectivity index (χ1) is 16.1. The Labute approximate surface area is 196 Å². The number of rotatable bonds is 6. The third kappa shape index (κ3) is 4.00. The SMILES string of the molecule is CN(C(=O)c1cn(C)nc1NC(=O)OCC1c2ccccc2-c2ccccc21)C(C)(C)C(=O)O. The highest BCUT2D eigenvalue weighted by molar-refractivity contribution is 6.03. The maximum atomic E-state index is 13.0. The fraction of sp³-hybridized carbons (Fsp3) is 0.280. The van der Waals surface area contributed by atoms with Gasteiger partial charge in [-0.1, -0.05) is 48.5 Å². The number of carbonyl (C=O) groups excluding carboxylic acids is 2. The standard InChI is InChI=1S/C25H26N4O5/c1-25(2,23(31)32)29(4)22(30)19-13-28(3)27-21(19)26-24(33)34-14-20-17-11-7-5-9-15(17)16-10-6-8-12-18(16)20/h5-13,20H,14H2,1-4H3,(H,31,32)(H,26,27,33). The Morgan fingerprint density at radius 3 is 2.21 bits per heavy atom. The molecule has 176 valence electrons. The molecule has 0 saturated carbocycles. The third-order valence-electron chi connectivity index (χ3n) is 6.29. The molecule has 0 saturated heterocycles. The fourth-order valence-corrected chi connectivity index (χ4v) is 4.05. The highest BCUT2D eigenvalue weighted by Crippen LogP contribution is 2.44. The molecule has 0 spiro atoms. The second-order valence-electron chi connectivity index (χ2n) is 8.74. The first-order valence-electron chi connectivity index (χ1n) is 10.8. The molecule has 0 radical (unpaired) electrons. The fourth-order valence-electron chi connectivity index (χ4n) is 4.05. The second-order valence-corrected chi connectivity index (χ2v) is 8.74. The van der Waals surface area contributed by atoms with Crippen LogP contribution in [0.3, 0.4) is 0 Å². The van der Waals surface area contributed by atoms with Gasteiger partial charge in [-0.05, 0) is 36.1 Å². The Hall–Kier alpha value is -4.14. The lowest BCUT2D eigenvalue weighted by atomic mass is 9.98. The molecule has 0 unspecified atom stereocenters. The summed E-state index contributed by atoms with van der Waals surface area (Å²) in [4.78, 5) is 38.3. The first-order valence-corrected chi connectivity index (χ1v) is 10.8. The number of benzene rings is 2. The summed E-state index contributed by atoms with van der Waals surface area (Å²) < 4.78 is 6.90. The van der Waals surface area contributed by atoms with Crippen LogP contribution in [0.25, 0.3) is 11.1 Å². The highest BCUT2D eigenvalue weighted by Gasteiger charge is 2.37. The van der Waals surface area contributed by atoms with Crippen molar-refractivity contribution in [2.45, 2.75) is 25.3 Å². The number of aromatic nitrogens is 2. The van der Waals surface area contributed by atoms with Crippen molar-refractivity contribution >= 4 is 23.8 Å². The molecular formula is C25H26N4O5.